The lowest BCUT2D eigenvalue weighted by Crippen LogP contribution is -2.46. The molecular formula is C88H114N4O6. The van der Waals surface area contributed by atoms with E-state index in [1.54, 1.807) is 0 Å². The second kappa shape index (κ2) is 31.7. The third-order valence-electron chi connectivity index (χ3n) is 26.3. The maximum Gasteiger partial charge on any atom is 0.195 e. The van der Waals surface area contributed by atoms with Crippen LogP contribution < -0.4 is 0 Å². The maximum absolute atomic E-state index is 9.25. The van der Waals surface area contributed by atoms with Gasteiger partial charge < -0.3 is 28.4 Å². The minimum absolute atomic E-state index is 0.0940. The van der Waals surface area contributed by atoms with Gasteiger partial charge in [-0.05, 0) is 242 Å². The summed E-state index contributed by atoms with van der Waals surface area (Å²) in [6.45, 7) is 7.10. The topological polar surface area (TPSA) is 118 Å². The highest BCUT2D eigenvalue weighted by Gasteiger charge is 2.52. The molecule has 7 fully saturated rings. The van der Waals surface area contributed by atoms with Gasteiger partial charge in [0, 0.05) is 96.7 Å². The molecule has 4 saturated heterocycles. The summed E-state index contributed by atoms with van der Waals surface area (Å²) in [5.41, 5.74) is 13.3. The van der Waals surface area contributed by atoms with Crippen LogP contribution >= 0.6 is 0 Å². The highest BCUT2D eigenvalue weighted by molar-refractivity contribution is 5.39. The SMILES string of the molecule is CCCO[C@H]1CC[C@H](CCC[C@@]2(c3ccccn3)CCOC3(CCCC3)C2)c2ccccc21.N#CCC1CC[C@H](CCC[C@@]2(c3ccccn3)CCOC3(CCCC3)C2)c2ccccc21.c1ccc([C@]2(CCC[C@H]3CCC4(OCCO4)c4ccccc43)CCOC3(CCCC3)C2)nc1. The number of benzene rings is 3. The molecule has 0 N–H and O–H groups in total. The highest BCUT2D eigenvalue weighted by atomic mass is 16.7. The molecule has 10 heteroatoms. The van der Waals surface area contributed by atoms with Gasteiger partial charge >= 0.3 is 0 Å². The standard InChI is InChI=1S/C30H41NO2.C29H36N2O.C29H37NO3/c1-2-21-32-27-15-14-24(25-11-3-4-12-26(25)27)10-9-16-29(28-13-5-8-20-31-28)19-22-33-30(23-29)17-6-7-18-30;30-19-14-24-13-12-23(25-9-1-2-10-26(24)25)8-7-15-28(27-11-3-6-20-31-27)18-21-32-29(22-28)16-4-5-17-29;1-2-10-25-24(9-1)23(12-16-29(25)32-20-21-33-29)8-7-13-27(26-11-3-6-18-30-26)17-19-31-28(22-27)14-4-5-15-28/h3-5,8,11-13,20,24,27H,2,6-7,9-10,14-19,21-23H2,1H3;1-3,6,9-11,20,23-24H,4-5,7-8,12-18,21-22H2;1-3,6,9-11,18,23H,4-5,7-8,12-17,19-22H2/t24-,27-,29+;23-,24?,28+;23-,27+/m000/s1. The van der Waals surface area contributed by atoms with Crippen molar-refractivity contribution >= 4 is 0 Å². The third kappa shape index (κ3) is 15.3. The van der Waals surface area contributed by atoms with Crippen LogP contribution in [0.25, 0.3) is 0 Å². The summed E-state index contributed by atoms with van der Waals surface area (Å²) in [6, 6.07) is 48.7. The zero-order valence-corrected chi connectivity index (χ0v) is 59.5. The van der Waals surface area contributed by atoms with Crippen LogP contribution in [-0.2, 0) is 50.5 Å². The Hall–Kier alpha value is -5.64. The van der Waals surface area contributed by atoms with E-state index in [4.69, 9.17) is 43.4 Å². The number of fused-ring (bicyclic) bond motifs is 4. The lowest BCUT2D eigenvalue weighted by molar-refractivity contribution is -0.177. The summed E-state index contributed by atoms with van der Waals surface area (Å²) < 4.78 is 37.8. The molecule has 3 saturated carbocycles. The molecule has 6 aromatic rings. The van der Waals surface area contributed by atoms with Crippen molar-refractivity contribution in [1.29, 1.82) is 5.26 Å². The van der Waals surface area contributed by atoms with Gasteiger partial charge in [-0.2, -0.15) is 5.26 Å². The molecule has 3 aromatic carbocycles. The number of hydrogen-bond acceptors (Lipinski definition) is 10. The Balaban J connectivity index is 0.000000126. The normalized spacial score (nSPS) is 29.2. The molecule has 98 heavy (non-hydrogen) atoms. The number of ether oxygens (including phenoxy) is 6. The van der Waals surface area contributed by atoms with Crippen molar-refractivity contribution in [3.8, 4) is 6.07 Å². The Bertz CT molecular complexity index is 3520. The quantitative estimate of drug-likeness (QED) is 0.0776. The summed E-state index contributed by atoms with van der Waals surface area (Å²) in [5.74, 6) is 1.80. The Morgan fingerprint density at radius 3 is 1.23 bits per heavy atom. The van der Waals surface area contributed by atoms with Gasteiger partial charge in [-0.15, -0.1) is 0 Å². The van der Waals surface area contributed by atoms with E-state index in [0.29, 0.717) is 43.3 Å². The van der Waals surface area contributed by atoms with E-state index in [0.717, 1.165) is 97.1 Å². The van der Waals surface area contributed by atoms with Crippen LogP contribution in [0.5, 0.6) is 0 Å². The molecule has 10 aliphatic rings. The molecule has 4 aliphatic heterocycles. The van der Waals surface area contributed by atoms with Crippen molar-refractivity contribution in [2.75, 3.05) is 39.6 Å². The van der Waals surface area contributed by atoms with Gasteiger partial charge in [-0.1, -0.05) is 156 Å². The lowest BCUT2D eigenvalue weighted by atomic mass is 9.66. The van der Waals surface area contributed by atoms with Crippen LogP contribution in [0.4, 0.5) is 0 Å². The molecule has 16 rings (SSSR count). The minimum atomic E-state index is -0.488. The molecule has 0 bridgehead atoms. The first-order valence-electron chi connectivity index (χ1n) is 39.4. The van der Waals surface area contributed by atoms with Gasteiger partial charge in [0.15, 0.2) is 5.79 Å². The zero-order chi connectivity index (χ0) is 66.6. The number of rotatable bonds is 19. The van der Waals surface area contributed by atoms with E-state index >= 15 is 0 Å². The van der Waals surface area contributed by atoms with E-state index in [1.165, 1.54) is 198 Å². The second-order valence-electron chi connectivity index (χ2n) is 32.2. The molecule has 0 radical (unpaired) electrons. The first-order valence-corrected chi connectivity index (χ1v) is 39.4. The molecule has 522 valence electrons. The molecule has 4 spiro atoms. The highest BCUT2D eigenvalue weighted by Crippen LogP contribution is 2.56. The van der Waals surface area contributed by atoms with Crippen LogP contribution in [0.15, 0.2) is 146 Å². The van der Waals surface area contributed by atoms with E-state index in [2.05, 4.69) is 128 Å². The van der Waals surface area contributed by atoms with E-state index in [-0.39, 0.29) is 39.2 Å². The summed E-state index contributed by atoms with van der Waals surface area (Å²) in [4.78, 5) is 14.7. The van der Waals surface area contributed by atoms with Crippen molar-refractivity contribution in [3.63, 3.8) is 0 Å². The molecule has 10 nitrogen and oxygen atoms in total. The lowest BCUT2D eigenvalue weighted by Gasteiger charge is -2.46. The predicted octanol–water partition coefficient (Wildman–Crippen LogP) is 21.2. The van der Waals surface area contributed by atoms with Gasteiger partial charge in [0.25, 0.3) is 0 Å². The number of nitrogens with zero attached hydrogens (tertiary/aromatic N) is 4. The summed E-state index contributed by atoms with van der Waals surface area (Å²) in [5, 5.41) is 9.25. The fourth-order valence-electron chi connectivity index (χ4n) is 21.5. The van der Waals surface area contributed by atoms with Crippen LogP contribution in [-0.4, -0.2) is 71.4 Å². The molecule has 1 unspecified atom stereocenters. The van der Waals surface area contributed by atoms with Gasteiger partial charge in [0.05, 0.1) is 42.2 Å². The number of aromatic nitrogens is 3. The predicted molar refractivity (Wildman–Crippen MR) is 389 cm³/mol. The number of pyridine rings is 3. The van der Waals surface area contributed by atoms with Gasteiger partial charge in [-0.25, -0.2) is 0 Å². The largest absolute Gasteiger partial charge is 0.375 e. The van der Waals surface area contributed by atoms with Crippen molar-refractivity contribution in [2.24, 2.45) is 0 Å². The first kappa shape index (κ1) is 69.4. The third-order valence-corrected chi connectivity index (χ3v) is 26.3. The molecule has 3 aromatic heterocycles. The summed E-state index contributed by atoms with van der Waals surface area (Å²) in [7, 11) is 0. The zero-order valence-electron chi connectivity index (χ0n) is 59.5. The van der Waals surface area contributed by atoms with E-state index in [9.17, 15) is 5.26 Å². The van der Waals surface area contributed by atoms with Crippen molar-refractivity contribution < 1.29 is 28.4 Å². The first-order chi connectivity index (χ1) is 48.2. The van der Waals surface area contributed by atoms with Crippen molar-refractivity contribution in [3.05, 3.63) is 196 Å². The van der Waals surface area contributed by atoms with Crippen LogP contribution in [0, 0.1) is 11.3 Å². The molecule has 8 atom stereocenters. The molecular weight excluding hydrogens is 1210 g/mol. The van der Waals surface area contributed by atoms with Crippen LogP contribution in [0.2, 0.25) is 0 Å². The number of nitriles is 1. The van der Waals surface area contributed by atoms with Gasteiger partial charge in [0.2, 0.25) is 0 Å². The average molecular weight is 1320 g/mol. The van der Waals surface area contributed by atoms with E-state index < -0.39 is 5.79 Å². The molecule has 7 heterocycles. The fraction of sp³-hybridized carbons (Fsp3) is 0.614. The Labute approximate surface area is 587 Å². The van der Waals surface area contributed by atoms with Crippen molar-refractivity contribution in [1.82, 2.24) is 15.0 Å². The smallest absolute Gasteiger partial charge is 0.195 e. The monoisotopic (exact) mass is 1320 g/mol. The average Bonchev–Trinajstić information content (AvgIpc) is 1.42. The molecule has 6 aliphatic carbocycles. The minimum Gasteiger partial charge on any atom is -0.375 e. The van der Waals surface area contributed by atoms with Gasteiger partial charge in [0.1, 0.15) is 0 Å². The summed E-state index contributed by atoms with van der Waals surface area (Å²) >= 11 is 0. The Kier molecular flexibility index (Phi) is 22.5. The van der Waals surface area contributed by atoms with Crippen LogP contribution in [0.3, 0.4) is 0 Å². The summed E-state index contributed by atoms with van der Waals surface area (Å²) in [6.07, 6.45) is 47.8. The fourth-order valence-corrected chi connectivity index (χ4v) is 21.5. The van der Waals surface area contributed by atoms with Crippen molar-refractivity contribution in [2.45, 2.75) is 300 Å². The number of hydrogen-bond donors (Lipinski definition) is 0. The molecule has 0 amide bonds. The second-order valence-corrected chi connectivity index (χ2v) is 32.2. The van der Waals surface area contributed by atoms with Gasteiger partial charge in [-0.3, -0.25) is 15.0 Å². The maximum atomic E-state index is 9.25. The Morgan fingerprint density at radius 1 is 0.408 bits per heavy atom. The van der Waals surface area contributed by atoms with Crippen LogP contribution in [0.1, 0.15) is 312 Å². The van der Waals surface area contributed by atoms with E-state index in [1.807, 2.05) is 30.7 Å². The Morgan fingerprint density at radius 2 is 0.796 bits per heavy atom.